The van der Waals surface area contributed by atoms with Crippen molar-refractivity contribution in [3.8, 4) is 0 Å². The van der Waals surface area contributed by atoms with Crippen LogP contribution in [0, 0.1) is 13.8 Å². The van der Waals surface area contributed by atoms with E-state index < -0.39 is 0 Å². The van der Waals surface area contributed by atoms with Crippen molar-refractivity contribution >= 4 is 34.3 Å². The van der Waals surface area contributed by atoms with Crippen LogP contribution in [-0.2, 0) is 0 Å². The minimum absolute atomic E-state index is 0.177. The van der Waals surface area contributed by atoms with E-state index >= 15 is 0 Å². The maximum Gasteiger partial charge on any atom is 0.332 e. The number of rotatable bonds is 2. The van der Waals surface area contributed by atoms with Crippen LogP contribution in [0.3, 0.4) is 0 Å². The number of carbonyl (C=O) groups excluding carboxylic acids is 1. The number of amides is 2. The zero-order valence-electron chi connectivity index (χ0n) is 14.8. The van der Waals surface area contributed by atoms with Crippen LogP contribution in [0.2, 0.25) is 0 Å². The smallest absolute Gasteiger partial charge is 0.307 e. The van der Waals surface area contributed by atoms with Gasteiger partial charge in [-0.05, 0) is 50.5 Å². The highest BCUT2D eigenvalue weighted by atomic mass is 32.2. The van der Waals surface area contributed by atoms with Gasteiger partial charge in [-0.1, -0.05) is 48.2 Å². The molecule has 1 atom stereocenters. The molecule has 0 saturated heterocycles. The molecule has 0 radical (unpaired) electrons. The quantitative estimate of drug-likeness (QED) is 0.804. The molecule has 0 aliphatic carbocycles. The summed E-state index contributed by atoms with van der Waals surface area (Å²) in [4.78, 5) is 19.5. The molecule has 4 nitrogen and oxygen atoms in total. The molecular weight excluding hydrogens is 330 g/mol. The Kier molecular flexibility index (Phi) is 5.43. The molecule has 130 valence electrons. The number of benzene rings is 2. The van der Waals surface area contributed by atoms with Crippen molar-refractivity contribution < 1.29 is 4.79 Å². The first-order valence-electron chi connectivity index (χ1n) is 8.49. The van der Waals surface area contributed by atoms with E-state index in [0.29, 0.717) is 0 Å². The van der Waals surface area contributed by atoms with Crippen LogP contribution in [0.4, 0.5) is 16.2 Å². The fourth-order valence-corrected chi connectivity index (χ4v) is 4.01. The van der Waals surface area contributed by atoms with E-state index in [9.17, 15) is 4.79 Å². The monoisotopic (exact) mass is 353 g/mol. The van der Waals surface area contributed by atoms with Gasteiger partial charge < -0.3 is 5.32 Å². The van der Waals surface area contributed by atoms with Crippen molar-refractivity contribution in [3.05, 3.63) is 59.7 Å². The minimum atomic E-state index is -0.177. The number of carbonyl (C=O) groups is 1. The molecule has 0 aromatic heterocycles. The van der Waals surface area contributed by atoms with Crippen LogP contribution < -0.4 is 10.2 Å². The summed E-state index contributed by atoms with van der Waals surface area (Å²) >= 11 is 1.63. The van der Waals surface area contributed by atoms with Crippen molar-refractivity contribution in [2.24, 2.45) is 4.99 Å². The first-order valence-corrected chi connectivity index (χ1v) is 9.48. The average Bonchev–Trinajstić information content (AvgIpc) is 2.60. The van der Waals surface area contributed by atoms with E-state index in [4.69, 9.17) is 4.99 Å². The fraction of sp³-hybridized carbons (Fsp3) is 0.300. The summed E-state index contributed by atoms with van der Waals surface area (Å²) in [7, 11) is 0. The van der Waals surface area contributed by atoms with Gasteiger partial charge in [0.25, 0.3) is 0 Å². The van der Waals surface area contributed by atoms with Crippen molar-refractivity contribution in [1.29, 1.82) is 0 Å². The van der Waals surface area contributed by atoms with Crippen LogP contribution in [-0.4, -0.2) is 23.0 Å². The number of amidine groups is 1. The number of urea groups is 1. The lowest BCUT2D eigenvalue weighted by atomic mass is 10.1. The number of aliphatic imine (C=N–C) groups is 1. The largest absolute Gasteiger partial charge is 0.332 e. The van der Waals surface area contributed by atoms with Crippen LogP contribution in [0.15, 0.2) is 53.5 Å². The number of nitrogens with zero attached hydrogens (tertiary/aromatic N) is 2. The highest BCUT2D eigenvalue weighted by Gasteiger charge is 2.25. The molecule has 1 aliphatic heterocycles. The third-order valence-electron chi connectivity index (χ3n) is 4.22. The number of para-hydroxylation sites is 2. The predicted octanol–water partition coefficient (Wildman–Crippen LogP) is 5.22. The van der Waals surface area contributed by atoms with Gasteiger partial charge in [0.15, 0.2) is 5.17 Å². The molecule has 1 unspecified atom stereocenters. The molecule has 2 amide bonds. The summed E-state index contributed by atoms with van der Waals surface area (Å²) in [6.45, 7) is 6.10. The first-order chi connectivity index (χ1) is 12.1. The molecule has 1 aliphatic rings. The zero-order chi connectivity index (χ0) is 17.8. The van der Waals surface area contributed by atoms with Gasteiger partial charge in [-0.15, -0.1) is 0 Å². The summed E-state index contributed by atoms with van der Waals surface area (Å²) in [5, 5.41) is 3.84. The van der Waals surface area contributed by atoms with E-state index in [1.807, 2.05) is 62.4 Å². The molecule has 1 heterocycles. The van der Waals surface area contributed by atoms with Gasteiger partial charge in [0.2, 0.25) is 0 Å². The van der Waals surface area contributed by atoms with Gasteiger partial charge in [0, 0.05) is 11.4 Å². The number of hydrogen-bond donors (Lipinski definition) is 1. The van der Waals surface area contributed by atoms with Crippen LogP contribution in [0.5, 0.6) is 0 Å². The Morgan fingerprint density at radius 2 is 1.80 bits per heavy atom. The zero-order valence-corrected chi connectivity index (χ0v) is 15.6. The lowest BCUT2D eigenvalue weighted by Gasteiger charge is -2.28. The number of hydrogen-bond acceptors (Lipinski definition) is 3. The summed E-state index contributed by atoms with van der Waals surface area (Å²) in [5.41, 5.74) is 3.79. The molecule has 0 spiro atoms. The van der Waals surface area contributed by atoms with E-state index in [1.54, 1.807) is 16.7 Å². The SMILES string of the molecule is Cc1cccc(C)c1NC(=O)N(C1=NC(C)CCS1)c1ccccc1. The van der Waals surface area contributed by atoms with Crippen LogP contribution in [0.25, 0.3) is 0 Å². The Labute approximate surface area is 153 Å². The maximum atomic E-state index is 13.1. The maximum absolute atomic E-state index is 13.1. The summed E-state index contributed by atoms with van der Waals surface area (Å²) in [6, 6.07) is 15.8. The Bertz CT molecular complexity index is 769. The Balaban J connectivity index is 1.96. The van der Waals surface area contributed by atoms with Crippen molar-refractivity contribution in [3.63, 3.8) is 0 Å². The van der Waals surface area contributed by atoms with Gasteiger partial charge in [0.1, 0.15) is 0 Å². The van der Waals surface area contributed by atoms with Gasteiger partial charge in [-0.2, -0.15) is 0 Å². The third kappa shape index (κ3) is 4.04. The molecule has 5 heteroatoms. The van der Waals surface area contributed by atoms with E-state index in [1.165, 1.54) is 0 Å². The lowest BCUT2D eigenvalue weighted by Crippen LogP contribution is -2.40. The average molecular weight is 353 g/mol. The molecule has 2 aromatic rings. The fourth-order valence-electron chi connectivity index (χ4n) is 2.80. The van der Waals surface area contributed by atoms with Crippen LogP contribution >= 0.6 is 11.8 Å². The standard InChI is InChI=1S/C20H23N3OS/c1-14-8-7-9-15(2)18(14)22-19(24)23(17-10-5-4-6-11-17)20-21-16(3)12-13-25-20/h4-11,16H,12-13H2,1-3H3,(H,22,24). The second kappa shape index (κ2) is 7.74. The molecule has 0 bridgehead atoms. The van der Waals surface area contributed by atoms with Gasteiger partial charge in [-0.25, -0.2) is 9.69 Å². The molecule has 2 aromatic carbocycles. The van der Waals surface area contributed by atoms with Crippen molar-refractivity contribution in [1.82, 2.24) is 0 Å². The van der Waals surface area contributed by atoms with Crippen molar-refractivity contribution in [2.45, 2.75) is 33.2 Å². The molecular formula is C20H23N3OS. The lowest BCUT2D eigenvalue weighted by molar-refractivity contribution is 0.259. The highest BCUT2D eigenvalue weighted by Crippen LogP contribution is 2.27. The second-order valence-electron chi connectivity index (χ2n) is 6.27. The molecule has 25 heavy (non-hydrogen) atoms. The first kappa shape index (κ1) is 17.5. The Morgan fingerprint density at radius 1 is 1.12 bits per heavy atom. The normalized spacial score (nSPS) is 16.9. The number of anilines is 2. The topological polar surface area (TPSA) is 44.7 Å². The summed E-state index contributed by atoms with van der Waals surface area (Å²) in [5.74, 6) is 0.972. The third-order valence-corrected chi connectivity index (χ3v) is 5.21. The van der Waals surface area contributed by atoms with E-state index in [2.05, 4.69) is 12.2 Å². The van der Waals surface area contributed by atoms with Gasteiger partial charge in [0.05, 0.1) is 11.7 Å². The van der Waals surface area contributed by atoms with Gasteiger partial charge in [-0.3, -0.25) is 4.99 Å². The highest BCUT2D eigenvalue weighted by molar-refractivity contribution is 8.14. The number of aryl methyl sites for hydroxylation is 2. The van der Waals surface area contributed by atoms with Crippen molar-refractivity contribution in [2.75, 3.05) is 16.0 Å². The van der Waals surface area contributed by atoms with Crippen LogP contribution in [0.1, 0.15) is 24.5 Å². The number of thioether (sulfide) groups is 1. The summed E-state index contributed by atoms with van der Waals surface area (Å²) < 4.78 is 0. The molecule has 0 fully saturated rings. The Morgan fingerprint density at radius 3 is 2.44 bits per heavy atom. The molecule has 1 N–H and O–H groups in total. The molecule has 0 saturated carbocycles. The second-order valence-corrected chi connectivity index (χ2v) is 7.33. The minimum Gasteiger partial charge on any atom is -0.307 e. The Hall–Kier alpha value is -2.27. The van der Waals surface area contributed by atoms with E-state index in [-0.39, 0.29) is 12.1 Å². The number of nitrogens with one attached hydrogen (secondary N) is 1. The van der Waals surface area contributed by atoms with Gasteiger partial charge >= 0.3 is 6.03 Å². The van der Waals surface area contributed by atoms with E-state index in [0.717, 1.165) is 39.8 Å². The summed E-state index contributed by atoms with van der Waals surface area (Å²) in [6.07, 6.45) is 1.04. The molecule has 3 rings (SSSR count). The predicted molar refractivity (Wildman–Crippen MR) is 108 cm³/mol.